The van der Waals surface area contributed by atoms with Gasteiger partial charge < -0.3 is 14.4 Å². The molecule has 0 aliphatic carbocycles. The summed E-state index contributed by atoms with van der Waals surface area (Å²) in [4.78, 5) is 21.0. The lowest BCUT2D eigenvalue weighted by Crippen LogP contribution is -2.41. The molecule has 0 bridgehead atoms. The van der Waals surface area contributed by atoms with Crippen LogP contribution in [0.1, 0.15) is 13.8 Å². The van der Waals surface area contributed by atoms with Gasteiger partial charge in [-0.05, 0) is 31.3 Å². The molecule has 0 aliphatic rings. The first kappa shape index (κ1) is 25.8. The van der Waals surface area contributed by atoms with Gasteiger partial charge in [0.05, 0.1) is 11.8 Å². The van der Waals surface area contributed by atoms with Crippen molar-refractivity contribution in [2.45, 2.75) is 13.8 Å². The Kier molecular flexibility index (Phi) is 9.61. The fourth-order valence-corrected chi connectivity index (χ4v) is 4.17. The lowest BCUT2D eigenvalue weighted by molar-refractivity contribution is -0.120. The Hall–Kier alpha value is -2.49. The number of likely N-dealkylation sites (N-methyl/N-ethyl adjacent to an activating group) is 1. The number of para-hydroxylation sites is 2. The number of fused-ring (bicyclic) bond motifs is 1. The summed E-state index contributed by atoms with van der Waals surface area (Å²) < 4.78 is 39.0. The highest BCUT2D eigenvalue weighted by Crippen LogP contribution is 2.31. The van der Waals surface area contributed by atoms with Crippen molar-refractivity contribution in [2.75, 3.05) is 44.8 Å². The third-order valence-corrected chi connectivity index (χ3v) is 5.91. The molecule has 0 saturated heterocycles. The second-order valence-corrected chi connectivity index (χ2v) is 7.75. The van der Waals surface area contributed by atoms with Gasteiger partial charge in [-0.3, -0.25) is 9.69 Å². The molecule has 0 atom stereocenters. The van der Waals surface area contributed by atoms with Gasteiger partial charge in [-0.2, -0.15) is 0 Å². The van der Waals surface area contributed by atoms with Crippen LogP contribution >= 0.6 is 23.7 Å². The second kappa shape index (κ2) is 11.9. The van der Waals surface area contributed by atoms with Crippen LogP contribution in [0.2, 0.25) is 0 Å². The van der Waals surface area contributed by atoms with E-state index in [1.165, 1.54) is 18.1 Å². The first-order valence-corrected chi connectivity index (χ1v) is 10.8. The number of rotatable bonds is 10. The number of thiazole rings is 1. The predicted molar refractivity (Wildman–Crippen MR) is 125 cm³/mol. The zero-order valence-electron chi connectivity index (χ0n) is 18.1. The van der Waals surface area contributed by atoms with Crippen LogP contribution in [-0.4, -0.2) is 55.7 Å². The number of amides is 1. The minimum absolute atomic E-state index is 0. The number of anilines is 1. The number of hydrogen-bond acceptors (Lipinski definition) is 6. The maximum atomic E-state index is 14.2. The van der Waals surface area contributed by atoms with Crippen LogP contribution in [0.5, 0.6) is 11.5 Å². The monoisotopic (exact) mass is 485 g/mol. The molecule has 6 nitrogen and oxygen atoms in total. The predicted octanol–water partition coefficient (Wildman–Crippen LogP) is 4.76. The molecule has 0 fully saturated rings. The molecule has 1 amide bonds. The number of nitrogens with zero attached hydrogens (tertiary/aromatic N) is 3. The van der Waals surface area contributed by atoms with Gasteiger partial charge in [0.1, 0.15) is 11.3 Å². The van der Waals surface area contributed by atoms with E-state index < -0.39 is 11.6 Å². The van der Waals surface area contributed by atoms with E-state index in [0.717, 1.165) is 30.5 Å². The van der Waals surface area contributed by atoms with Crippen molar-refractivity contribution in [1.29, 1.82) is 0 Å². The van der Waals surface area contributed by atoms with Gasteiger partial charge in [-0.25, -0.2) is 13.8 Å². The molecule has 2 aromatic carbocycles. The molecule has 1 aromatic heterocycles. The fraction of sp³-hybridized carbons (Fsp3) is 0.364. The second-order valence-electron chi connectivity index (χ2n) is 6.74. The lowest BCUT2D eigenvalue weighted by Gasteiger charge is -2.24. The molecule has 32 heavy (non-hydrogen) atoms. The van der Waals surface area contributed by atoms with Crippen LogP contribution in [0.15, 0.2) is 36.4 Å². The molecule has 3 rings (SSSR count). The van der Waals surface area contributed by atoms with Crippen molar-refractivity contribution >= 4 is 45.0 Å². The van der Waals surface area contributed by atoms with Crippen LogP contribution in [0, 0.1) is 11.6 Å². The van der Waals surface area contributed by atoms with Crippen molar-refractivity contribution in [2.24, 2.45) is 0 Å². The van der Waals surface area contributed by atoms with Gasteiger partial charge in [-0.15, -0.1) is 12.4 Å². The minimum Gasteiger partial charge on any atom is -0.493 e. The first-order valence-electron chi connectivity index (χ1n) is 10.0. The summed E-state index contributed by atoms with van der Waals surface area (Å²) in [5, 5.41) is 0.306. The van der Waals surface area contributed by atoms with Gasteiger partial charge in [-0.1, -0.05) is 37.3 Å². The third-order valence-electron chi connectivity index (χ3n) is 4.89. The Labute approximate surface area is 196 Å². The average Bonchev–Trinajstić information content (AvgIpc) is 3.19. The highest BCUT2D eigenvalue weighted by molar-refractivity contribution is 7.22. The van der Waals surface area contributed by atoms with Gasteiger partial charge in [0.15, 0.2) is 29.1 Å². The molecule has 0 radical (unpaired) electrons. The quantitative estimate of drug-likeness (QED) is 0.414. The van der Waals surface area contributed by atoms with E-state index in [0.29, 0.717) is 34.4 Å². The summed E-state index contributed by atoms with van der Waals surface area (Å²) in [7, 11) is 1.52. The molecular weight excluding hydrogens is 460 g/mol. The Morgan fingerprint density at radius 2 is 1.78 bits per heavy atom. The average molecular weight is 486 g/mol. The molecule has 174 valence electrons. The number of halogens is 3. The Morgan fingerprint density at radius 1 is 1.09 bits per heavy atom. The summed E-state index contributed by atoms with van der Waals surface area (Å²) in [6.45, 7) is 6.45. The van der Waals surface area contributed by atoms with Crippen LogP contribution in [0.3, 0.4) is 0 Å². The summed E-state index contributed by atoms with van der Waals surface area (Å²) in [6, 6.07) is 9.05. The third kappa shape index (κ3) is 6.05. The molecule has 0 saturated carbocycles. The number of carbonyl (C=O) groups excluding carboxylic acids is 1. The first-order chi connectivity index (χ1) is 15.0. The minimum atomic E-state index is -0.751. The van der Waals surface area contributed by atoms with E-state index >= 15 is 0 Å². The molecule has 0 N–H and O–H groups in total. The van der Waals surface area contributed by atoms with E-state index in [9.17, 15) is 13.6 Å². The largest absolute Gasteiger partial charge is 0.493 e. The van der Waals surface area contributed by atoms with Crippen LogP contribution in [-0.2, 0) is 4.79 Å². The van der Waals surface area contributed by atoms with Crippen molar-refractivity contribution in [3.05, 3.63) is 48.0 Å². The van der Waals surface area contributed by atoms with Crippen molar-refractivity contribution in [3.8, 4) is 11.5 Å². The standard InChI is InChI=1S/C22H25F2N3O3S.ClH/c1-4-26(5-2)10-11-27(20(28)14-30-18-9-7-6-8-17(18)29-3)22-25-21-16(24)12-15(23)13-19(21)31-22;/h6-9,12-13H,4-5,10-11,14H2,1-3H3;1H. The summed E-state index contributed by atoms with van der Waals surface area (Å²) >= 11 is 1.07. The van der Waals surface area contributed by atoms with Gasteiger partial charge in [0, 0.05) is 19.2 Å². The maximum absolute atomic E-state index is 14.2. The van der Waals surface area contributed by atoms with E-state index in [-0.39, 0.29) is 30.4 Å². The van der Waals surface area contributed by atoms with E-state index in [4.69, 9.17) is 9.47 Å². The number of aromatic nitrogens is 1. The van der Waals surface area contributed by atoms with Crippen molar-refractivity contribution in [3.63, 3.8) is 0 Å². The normalized spacial score (nSPS) is 10.8. The number of ether oxygens (including phenoxy) is 2. The molecule has 0 spiro atoms. The molecule has 0 aliphatic heterocycles. The molecule has 0 unspecified atom stereocenters. The molecular formula is C22H26ClF2N3O3S. The number of benzene rings is 2. The van der Waals surface area contributed by atoms with Crippen LogP contribution in [0.4, 0.5) is 13.9 Å². The van der Waals surface area contributed by atoms with Gasteiger partial charge >= 0.3 is 0 Å². The zero-order chi connectivity index (χ0) is 22.4. The smallest absolute Gasteiger partial charge is 0.266 e. The molecule has 3 aromatic rings. The number of carbonyl (C=O) groups is 1. The summed E-state index contributed by atoms with van der Waals surface area (Å²) in [5.74, 6) is -0.806. The highest BCUT2D eigenvalue weighted by atomic mass is 35.5. The summed E-state index contributed by atoms with van der Waals surface area (Å²) in [5.41, 5.74) is 0.0488. The van der Waals surface area contributed by atoms with E-state index in [2.05, 4.69) is 9.88 Å². The number of hydrogen-bond donors (Lipinski definition) is 0. The molecule has 1 heterocycles. The van der Waals surface area contributed by atoms with Gasteiger partial charge in [0.2, 0.25) is 0 Å². The fourth-order valence-electron chi connectivity index (χ4n) is 3.12. The van der Waals surface area contributed by atoms with E-state index in [1.807, 2.05) is 13.8 Å². The number of methoxy groups -OCH3 is 1. The zero-order valence-corrected chi connectivity index (χ0v) is 19.8. The topological polar surface area (TPSA) is 54.9 Å². The Balaban J connectivity index is 0.00000363. The van der Waals surface area contributed by atoms with Crippen molar-refractivity contribution < 1.29 is 23.0 Å². The molecule has 10 heteroatoms. The lowest BCUT2D eigenvalue weighted by atomic mass is 10.3. The van der Waals surface area contributed by atoms with Crippen LogP contribution < -0.4 is 14.4 Å². The van der Waals surface area contributed by atoms with Crippen LogP contribution in [0.25, 0.3) is 10.2 Å². The van der Waals surface area contributed by atoms with Crippen molar-refractivity contribution in [1.82, 2.24) is 9.88 Å². The Morgan fingerprint density at radius 3 is 2.44 bits per heavy atom. The Bertz CT molecular complexity index is 1050. The van der Waals surface area contributed by atoms with E-state index in [1.54, 1.807) is 24.3 Å². The summed E-state index contributed by atoms with van der Waals surface area (Å²) in [6.07, 6.45) is 0. The van der Waals surface area contributed by atoms with Gasteiger partial charge in [0.25, 0.3) is 5.91 Å². The maximum Gasteiger partial charge on any atom is 0.266 e. The highest BCUT2D eigenvalue weighted by Gasteiger charge is 2.23. The SMILES string of the molecule is CCN(CC)CCN(C(=O)COc1ccccc1OC)c1nc2c(F)cc(F)cc2s1.Cl.